The first kappa shape index (κ1) is 12.5. The third-order valence-electron chi connectivity index (χ3n) is 3.44. The molecule has 0 amide bonds. The molecule has 2 nitrogen and oxygen atoms in total. The molecule has 1 heterocycles. The van der Waals surface area contributed by atoms with Crippen molar-refractivity contribution in [2.45, 2.75) is 13.0 Å². The minimum Gasteiger partial charge on any atom is -0.493 e. The van der Waals surface area contributed by atoms with Crippen LogP contribution in [-0.4, -0.2) is 13.7 Å². The predicted octanol–water partition coefficient (Wildman–Crippen LogP) is 3.66. The highest BCUT2D eigenvalue weighted by molar-refractivity contribution is 6.31. The van der Waals surface area contributed by atoms with Crippen molar-refractivity contribution in [3.05, 3.63) is 52.5 Å². The molecule has 0 unspecified atom stereocenters. The van der Waals surface area contributed by atoms with E-state index in [2.05, 4.69) is 29.6 Å². The number of rotatable bonds is 3. The van der Waals surface area contributed by atoms with Gasteiger partial charge in [0.15, 0.2) is 0 Å². The van der Waals surface area contributed by atoms with Gasteiger partial charge in [0, 0.05) is 18.0 Å². The summed E-state index contributed by atoms with van der Waals surface area (Å²) in [4.78, 5) is 0. The van der Waals surface area contributed by atoms with Crippen LogP contribution >= 0.6 is 11.6 Å². The van der Waals surface area contributed by atoms with Gasteiger partial charge in [-0.15, -0.1) is 0 Å². The van der Waals surface area contributed by atoms with Crippen LogP contribution < -0.4 is 10.1 Å². The summed E-state index contributed by atoms with van der Waals surface area (Å²) in [6.07, 6.45) is 0.995. The maximum absolute atomic E-state index is 6.31. The molecule has 0 fully saturated rings. The lowest BCUT2D eigenvalue weighted by atomic mass is 10.0. The van der Waals surface area contributed by atoms with Gasteiger partial charge in [0.1, 0.15) is 5.75 Å². The predicted molar refractivity (Wildman–Crippen MR) is 78.9 cm³/mol. The van der Waals surface area contributed by atoms with Crippen LogP contribution in [0.3, 0.4) is 0 Å². The van der Waals surface area contributed by atoms with Crippen molar-refractivity contribution in [1.82, 2.24) is 5.32 Å². The van der Waals surface area contributed by atoms with E-state index in [-0.39, 0.29) is 0 Å². The van der Waals surface area contributed by atoms with Crippen molar-refractivity contribution in [2.24, 2.45) is 0 Å². The topological polar surface area (TPSA) is 21.3 Å². The summed E-state index contributed by atoms with van der Waals surface area (Å²) in [7, 11) is 1.92. The lowest BCUT2D eigenvalue weighted by Crippen LogP contribution is -2.05. The fraction of sp³-hybridized carbons (Fsp3) is 0.250. The standard InChI is InChI=1S/C16H16ClNO/c1-18-10-14-3-2-12(9-15(14)17)11-4-5-16-13(8-11)6-7-19-16/h2-5,8-9,18H,6-7,10H2,1H3. The molecule has 2 aromatic rings. The molecule has 1 aliphatic heterocycles. The monoisotopic (exact) mass is 273 g/mol. The van der Waals surface area contributed by atoms with Gasteiger partial charge in [0.25, 0.3) is 0 Å². The van der Waals surface area contributed by atoms with Crippen LogP contribution in [0.1, 0.15) is 11.1 Å². The van der Waals surface area contributed by atoms with Crippen molar-refractivity contribution < 1.29 is 4.74 Å². The molecule has 19 heavy (non-hydrogen) atoms. The van der Waals surface area contributed by atoms with Crippen molar-refractivity contribution >= 4 is 11.6 Å². The number of halogens is 1. The van der Waals surface area contributed by atoms with Gasteiger partial charge in [-0.25, -0.2) is 0 Å². The average molecular weight is 274 g/mol. The van der Waals surface area contributed by atoms with Crippen molar-refractivity contribution in [3.63, 3.8) is 0 Å². The van der Waals surface area contributed by atoms with E-state index in [1.165, 1.54) is 11.1 Å². The van der Waals surface area contributed by atoms with Crippen LogP contribution in [0.5, 0.6) is 5.75 Å². The maximum atomic E-state index is 6.31. The Bertz CT molecular complexity index is 610. The Labute approximate surface area is 118 Å². The zero-order valence-corrected chi connectivity index (χ0v) is 11.6. The second-order valence-corrected chi connectivity index (χ2v) is 5.16. The quantitative estimate of drug-likeness (QED) is 0.921. The lowest BCUT2D eigenvalue weighted by Gasteiger charge is -2.08. The largest absolute Gasteiger partial charge is 0.493 e. The van der Waals surface area contributed by atoms with E-state index in [1.807, 2.05) is 19.2 Å². The molecule has 1 aliphatic rings. The summed E-state index contributed by atoms with van der Waals surface area (Å²) < 4.78 is 5.53. The van der Waals surface area contributed by atoms with Gasteiger partial charge in [0.2, 0.25) is 0 Å². The molecule has 2 aromatic carbocycles. The Morgan fingerprint density at radius 1 is 1.16 bits per heavy atom. The summed E-state index contributed by atoms with van der Waals surface area (Å²) in [5.41, 5.74) is 4.76. The molecule has 0 atom stereocenters. The Morgan fingerprint density at radius 2 is 1.95 bits per heavy atom. The van der Waals surface area contributed by atoms with Gasteiger partial charge in [-0.05, 0) is 47.5 Å². The highest BCUT2D eigenvalue weighted by Crippen LogP contribution is 2.32. The van der Waals surface area contributed by atoms with E-state index >= 15 is 0 Å². The minimum atomic E-state index is 0.789. The molecular formula is C16H16ClNO. The first-order valence-corrected chi connectivity index (χ1v) is 6.85. The Balaban J connectivity index is 1.96. The fourth-order valence-corrected chi connectivity index (χ4v) is 2.67. The van der Waals surface area contributed by atoms with E-state index in [4.69, 9.17) is 16.3 Å². The van der Waals surface area contributed by atoms with Gasteiger partial charge in [-0.2, -0.15) is 0 Å². The molecule has 1 N–H and O–H groups in total. The Kier molecular flexibility index (Phi) is 3.45. The highest BCUT2D eigenvalue weighted by atomic mass is 35.5. The zero-order chi connectivity index (χ0) is 13.2. The molecular weight excluding hydrogens is 258 g/mol. The molecule has 3 heteroatoms. The second kappa shape index (κ2) is 5.24. The summed E-state index contributed by atoms with van der Waals surface area (Å²) in [5.74, 6) is 1.02. The van der Waals surface area contributed by atoms with Gasteiger partial charge in [-0.1, -0.05) is 29.8 Å². The molecule has 0 aromatic heterocycles. The first-order chi connectivity index (χ1) is 9.28. The summed E-state index contributed by atoms with van der Waals surface area (Å²) in [6.45, 7) is 1.58. The Hall–Kier alpha value is -1.51. The molecule has 98 valence electrons. The SMILES string of the molecule is CNCc1ccc(-c2ccc3c(c2)CCO3)cc1Cl. The average Bonchev–Trinajstić information content (AvgIpc) is 2.88. The van der Waals surface area contributed by atoms with Crippen molar-refractivity contribution in [3.8, 4) is 16.9 Å². The third-order valence-corrected chi connectivity index (χ3v) is 3.79. The molecule has 0 saturated heterocycles. The number of fused-ring (bicyclic) bond motifs is 1. The van der Waals surface area contributed by atoms with E-state index < -0.39 is 0 Å². The van der Waals surface area contributed by atoms with E-state index in [9.17, 15) is 0 Å². The summed E-state index contributed by atoms with van der Waals surface area (Å²) >= 11 is 6.31. The van der Waals surface area contributed by atoms with E-state index in [1.54, 1.807) is 0 Å². The van der Waals surface area contributed by atoms with Crippen molar-refractivity contribution in [1.29, 1.82) is 0 Å². The molecule has 0 radical (unpaired) electrons. The van der Waals surface area contributed by atoms with Gasteiger partial charge >= 0.3 is 0 Å². The zero-order valence-electron chi connectivity index (χ0n) is 10.9. The van der Waals surface area contributed by atoms with Crippen LogP contribution in [0.25, 0.3) is 11.1 Å². The highest BCUT2D eigenvalue weighted by Gasteiger charge is 2.13. The van der Waals surface area contributed by atoms with Gasteiger partial charge in [-0.3, -0.25) is 0 Å². The molecule has 0 aliphatic carbocycles. The summed E-state index contributed by atoms with van der Waals surface area (Å²) in [6, 6.07) is 12.6. The smallest absolute Gasteiger partial charge is 0.122 e. The van der Waals surface area contributed by atoms with Crippen LogP contribution in [0, 0.1) is 0 Å². The Morgan fingerprint density at radius 3 is 2.74 bits per heavy atom. The number of nitrogens with one attached hydrogen (secondary N) is 1. The number of hydrogen-bond donors (Lipinski definition) is 1. The fourth-order valence-electron chi connectivity index (χ4n) is 2.43. The molecule has 0 bridgehead atoms. The van der Waals surface area contributed by atoms with Crippen molar-refractivity contribution in [2.75, 3.05) is 13.7 Å². The van der Waals surface area contributed by atoms with Crippen LogP contribution in [-0.2, 0) is 13.0 Å². The normalized spacial score (nSPS) is 13.2. The number of benzene rings is 2. The molecule has 0 spiro atoms. The molecule has 0 saturated carbocycles. The van der Waals surface area contributed by atoms with Crippen LogP contribution in [0.2, 0.25) is 5.02 Å². The van der Waals surface area contributed by atoms with Gasteiger partial charge in [0.05, 0.1) is 6.61 Å². The number of ether oxygens (including phenoxy) is 1. The third kappa shape index (κ3) is 2.46. The summed E-state index contributed by atoms with van der Waals surface area (Å²) in [5, 5.41) is 3.93. The van der Waals surface area contributed by atoms with E-state index in [0.717, 1.165) is 41.5 Å². The molecule has 3 rings (SSSR count). The van der Waals surface area contributed by atoms with E-state index in [0.29, 0.717) is 0 Å². The maximum Gasteiger partial charge on any atom is 0.122 e. The number of hydrogen-bond acceptors (Lipinski definition) is 2. The lowest BCUT2D eigenvalue weighted by molar-refractivity contribution is 0.357. The first-order valence-electron chi connectivity index (χ1n) is 6.47. The van der Waals surface area contributed by atoms with Crippen LogP contribution in [0.4, 0.5) is 0 Å². The second-order valence-electron chi connectivity index (χ2n) is 4.76. The van der Waals surface area contributed by atoms with Crippen LogP contribution in [0.15, 0.2) is 36.4 Å². The van der Waals surface area contributed by atoms with Gasteiger partial charge < -0.3 is 10.1 Å². The minimum absolute atomic E-state index is 0.789.